The van der Waals surface area contributed by atoms with Gasteiger partial charge in [0.1, 0.15) is 0 Å². The van der Waals surface area contributed by atoms with Gasteiger partial charge in [-0.05, 0) is 28.0 Å². The smallest absolute Gasteiger partial charge is 0.200 e. The van der Waals surface area contributed by atoms with Crippen LogP contribution in [-0.4, -0.2) is 14.9 Å². The SMILES string of the molecule is C/C=C(\Br)CCO[Si](C(C)C)(C(C)C)C(C)C. The molecule has 0 aliphatic carbocycles. The van der Waals surface area contributed by atoms with E-state index in [4.69, 9.17) is 4.43 Å². The van der Waals surface area contributed by atoms with Gasteiger partial charge < -0.3 is 4.43 Å². The number of hydrogen-bond donors (Lipinski definition) is 0. The largest absolute Gasteiger partial charge is 0.416 e. The molecule has 0 saturated carbocycles. The van der Waals surface area contributed by atoms with Crippen molar-refractivity contribution in [2.45, 2.75) is 71.5 Å². The first kappa shape index (κ1) is 17.4. The van der Waals surface area contributed by atoms with Gasteiger partial charge in [-0.15, -0.1) is 0 Å². The second-order valence-electron chi connectivity index (χ2n) is 5.65. The molecule has 0 aliphatic rings. The zero-order chi connectivity index (χ0) is 13.6. The highest BCUT2D eigenvalue weighted by atomic mass is 79.9. The van der Waals surface area contributed by atoms with E-state index in [-0.39, 0.29) is 0 Å². The Balaban J connectivity index is 4.71. The van der Waals surface area contributed by atoms with E-state index in [1.165, 1.54) is 4.48 Å². The van der Waals surface area contributed by atoms with Crippen molar-refractivity contribution in [3.63, 3.8) is 0 Å². The van der Waals surface area contributed by atoms with Gasteiger partial charge in [0.15, 0.2) is 8.32 Å². The topological polar surface area (TPSA) is 9.23 Å². The molecule has 0 unspecified atom stereocenters. The Kier molecular flexibility index (Phi) is 7.93. The van der Waals surface area contributed by atoms with Crippen molar-refractivity contribution in [2.24, 2.45) is 0 Å². The molecule has 0 heterocycles. The summed E-state index contributed by atoms with van der Waals surface area (Å²) in [6.07, 6.45) is 3.10. The van der Waals surface area contributed by atoms with Crippen molar-refractivity contribution in [3.05, 3.63) is 10.6 Å². The fourth-order valence-electron chi connectivity index (χ4n) is 2.97. The van der Waals surface area contributed by atoms with Crippen LogP contribution < -0.4 is 0 Å². The van der Waals surface area contributed by atoms with Crippen molar-refractivity contribution in [2.75, 3.05) is 6.61 Å². The maximum atomic E-state index is 6.45. The van der Waals surface area contributed by atoms with Gasteiger partial charge in [-0.25, -0.2) is 0 Å². The zero-order valence-corrected chi connectivity index (χ0v) is 15.1. The molecule has 1 nitrogen and oxygen atoms in total. The second kappa shape index (κ2) is 7.75. The van der Waals surface area contributed by atoms with Gasteiger partial charge in [-0.1, -0.05) is 63.5 Å². The first-order valence-corrected chi connectivity index (χ1v) is 9.66. The summed E-state index contributed by atoms with van der Waals surface area (Å²) >= 11 is 3.55. The van der Waals surface area contributed by atoms with Gasteiger partial charge in [0.05, 0.1) is 0 Å². The fourth-order valence-corrected chi connectivity index (χ4v) is 8.59. The highest BCUT2D eigenvalue weighted by molar-refractivity contribution is 9.11. The third-order valence-electron chi connectivity index (χ3n) is 3.71. The van der Waals surface area contributed by atoms with E-state index in [1.807, 2.05) is 0 Å². The summed E-state index contributed by atoms with van der Waals surface area (Å²) in [4.78, 5) is 0. The van der Waals surface area contributed by atoms with Crippen LogP contribution in [0, 0.1) is 0 Å². The Morgan fingerprint density at radius 1 is 1.06 bits per heavy atom. The van der Waals surface area contributed by atoms with Crippen LogP contribution in [0.25, 0.3) is 0 Å². The van der Waals surface area contributed by atoms with Crippen molar-refractivity contribution in [1.82, 2.24) is 0 Å². The van der Waals surface area contributed by atoms with E-state index in [9.17, 15) is 0 Å². The Labute approximate surface area is 117 Å². The van der Waals surface area contributed by atoms with Crippen molar-refractivity contribution >= 4 is 24.2 Å². The first-order chi connectivity index (χ1) is 7.78. The summed E-state index contributed by atoms with van der Waals surface area (Å²) in [5.41, 5.74) is 2.02. The van der Waals surface area contributed by atoms with Gasteiger partial charge in [0.2, 0.25) is 0 Å². The van der Waals surface area contributed by atoms with E-state index in [0.29, 0.717) is 16.6 Å². The molecule has 0 atom stereocenters. The third-order valence-corrected chi connectivity index (χ3v) is 10.7. The maximum absolute atomic E-state index is 6.45. The molecule has 0 rings (SSSR count). The molecule has 17 heavy (non-hydrogen) atoms. The van der Waals surface area contributed by atoms with Crippen molar-refractivity contribution in [3.8, 4) is 0 Å². The molecule has 0 aromatic heterocycles. The average Bonchev–Trinajstić information content (AvgIpc) is 2.22. The predicted molar refractivity (Wildman–Crippen MR) is 84.3 cm³/mol. The number of allylic oxidation sites excluding steroid dienone is 1. The minimum absolute atomic E-state index is 0.673. The highest BCUT2D eigenvalue weighted by Crippen LogP contribution is 2.42. The lowest BCUT2D eigenvalue weighted by Gasteiger charge is -2.42. The summed E-state index contributed by atoms with van der Waals surface area (Å²) in [6.45, 7) is 16.9. The summed E-state index contributed by atoms with van der Waals surface area (Å²) in [6, 6.07) is 0. The van der Waals surface area contributed by atoms with Crippen LogP contribution in [0.2, 0.25) is 16.6 Å². The van der Waals surface area contributed by atoms with Gasteiger partial charge in [0, 0.05) is 13.0 Å². The maximum Gasteiger partial charge on any atom is 0.200 e. The predicted octanol–water partition coefficient (Wildman–Crippen LogP) is 5.87. The minimum Gasteiger partial charge on any atom is -0.416 e. The molecule has 0 spiro atoms. The van der Waals surface area contributed by atoms with Gasteiger partial charge in [-0.2, -0.15) is 0 Å². The van der Waals surface area contributed by atoms with E-state index >= 15 is 0 Å². The fraction of sp³-hybridized carbons (Fsp3) is 0.857. The molecule has 3 heteroatoms. The molecule has 0 aromatic carbocycles. The molecule has 0 fully saturated rings. The highest BCUT2D eigenvalue weighted by Gasteiger charge is 2.44. The summed E-state index contributed by atoms with van der Waals surface area (Å²) < 4.78 is 7.70. The van der Waals surface area contributed by atoms with E-state index in [1.54, 1.807) is 0 Å². The monoisotopic (exact) mass is 320 g/mol. The van der Waals surface area contributed by atoms with Gasteiger partial charge in [-0.3, -0.25) is 0 Å². The Morgan fingerprint density at radius 2 is 1.47 bits per heavy atom. The Morgan fingerprint density at radius 3 is 1.76 bits per heavy atom. The second-order valence-corrected chi connectivity index (χ2v) is 12.1. The molecule has 102 valence electrons. The quantitative estimate of drug-likeness (QED) is 0.533. The molecular weight excluding hydrogens is 292 g/mol. The van der Waals surface area contributed by atoms with E-state index in [0.717, 1.165) is 13.0 Å². The van der Waals surface area contributed by atoms with Crippen LogP contribution in [-0.2, 0) is 4.43 Å². The Bertz CT molecular complexity index is 225. The average molecular weight is 321 g/mol. The lowest BCUT2D eigenvalue weighted by Crippen LogP contribution is -2.47. The van der Waals surface area contributed by atoms with Crippen LogP contribution in [0.15, 0.2) is 10.6 Å². The first-order valence-electron chi connectivity index (χ1n) is 6.73. The van der Waals surface area contributed by atoms with Crippen LogP contribution >= 0.6 is 15.9 Å². The van der Waals surface area contributed by atoms with Gasteiger partial charge in [0.25, 0.3) is 0 Å². The molecule has 0 saturated heterocycles. The number of rotatable bonds is 7. The molecule has 0 aliphatic heterocycles. The number of hydrogen-bond acceptors (Lipinski definition) is 1. The standard InChI is InChI=1S/C14H29BrOSi/c1-8-14(15)9-10-16-17(11(2)3,12(4)5)13(6)7/h8,11-13H,9-10H2,1-7H3/b14-8-. The van der Waals surface area contributed by atoms with Crippen LogP contribution in [0.3, 0.4) is 0 Å². The van der Waals surface area contributed by atoms with Crippen LogP contribution in [0.4, 0.5) is 0 Å². The van der Waals surface area contributed by atoms with Crippen molar-refractivity contribution < 1.29 is 4.43 Å². The summed E-state index contributed by atoms with van der Waals surface area (Å²) in [5, 5.41) is 0. The number of halogens is 1. The molecule has 0 amide bonds. The molecule has 0 radical (unpaired) electrons. The Hall–Kier alpha value is 0.397. The lowest BCUT2D eigenvalue weighted by atomic mass is 10.4. The normalized spacial score (nSPS) is 14.2. The van der Waals surface area contributed by atoms with E-state index < -0.39 is 8.32 Å². The summed E-state index contributed by atoms with van der Waals surface area (Å²) in [7, 11) is -1.66. The molecule has 0 N–H and O–H groups in total. The molecule has 0 aromatic rings. The molecule has 0 bridgehead atoms. The van der Waals surface area contributed by atoms with Crippen molar-refractivity contribution in [1.29, 1.82) is 0 Å². The molecular formula is C14H29BrOSi. The van der Waals surface area contributed by atoms with Gasteiger partial charge >= 0.3 is 0 Å². The zero-order valence-electron chi connectivity index (χ0n) is 12.5. The van der Waals surface area contributed by atoms with Crippen LogP contribution in [0.1, 0.15) is 54.9 Å². The summed E-state index contributed by atoms with van der Waals surface area (Å²) in [5.74, 6) is 0. The minimum atomic E-state index is -1.66. The lowest BCUT2D eigenvalue weighted by molar-refractivity contribution is 0.283. The van der Waals surface area contributed by atoms with Crippen LogP contribution in [0.5, 0.6) is 0 Å². The third kappa shape index (κ3) is 4.53. The van der Waals surface area contributed by atoms with E-state index in [2.05, 4.69) is 70.5 Å².